The van der Waals surface area contributed by atoms with Gasteiger partial charge in [-0.2, -0.15) is 0 Å². The molecule has 0 aromatic carbocycles. The molecule has 0 N–H and O–H groups in total. The molecule has 0 radical (unpaired) electrons. The molecule has 0 saturated heterocycles. The largest absolute Gasteiger partial charge is 0.0894 e. The first-order chi connectivity index (χ1) is 4.66. The van der Waals surface area contributed by atoms with Gasteiger partial charge in [0, 0.05) is 4.83 Å². The minimum absolute atomic E-state index is 0.705. The minimum Gasteiger partial charge on any atom is -0.0894 e. The van der Waals surface area contributed by atoms with Crippen LogP contribution in [0.2, 0.25) is 0 Å². The monoisotopic (exact) mass is 206 g/mol. The van der Waals surface area contributed by atoms with Crippen LogP contribution in [0, 0.1) is 5.92 Å². The topological polar surface area (TPSA) is 0 Å². The molecule has 0 saturated carbocycles. The molecule has 0 aliphatic heterocycles. The maximum atomic E-state index is 3.55. The molecule has 2 unspecified atom stereocenters. The third-order valence-corrected chi connectivity index (χ3v) is 2.45. The van der Waals surface area contributed by atoms with E-state index >= 15 is 0 Å². The fourth-order valence-corrected chi connectivity index (χ4v) is 1.28. The normalized spacial score (nSPS) is 16.8. The van der Waals surface area contributed by atoms with Crippen LogP contribution in [0.1, 0.15) is 46.5 Å². The molecule has 62 valence electrons. The maximum Gasteiger partial charge on any atom is 0.0117 e. The minimum atomic E-state index is 0.705. The SMILES string of the molecule is CCC(C)CCCC(C)Br. The molecule has 0 spiro atoms. The van der Waals surface area contributed by atoms with Gasteiger partial charge in [-0.05, 0) is 12.3 Å². The van der Waals surface area contributed by atoms with E-state index in [1.165, 1.54) is 25.7 Å². The highest BCUT2D eigenvalue weighted by Crippen LogP contribution is 2.14. The van der Waals surface area contributed by atoms with Crippen molar-refractivity contribution in [1.82, 2.24) is 0 Å². The summed E-state index contributed by atoms with van der Waals surface area (Å²) in [6.45, 7) is 6.82. The first-order valence-corrected chi connectivity index (χ1v) is 5.22. The summed E-state index contributed by atoms with van der Waals surface area (Å²) < 4.78 is 0. The molecule has 0 heterocycles. The molecule has 0 amide bonds. The Kier molecular flexibility index (Phi) is 6.50. The first kappa shape index (κ1) is 10.5. The summed E-state index contributed by atoms with van der Waals surface area (Å²) >= 11 is 3.55. The summed E-state index contributed by atoms with van der Waals surface area (Å²) in [5.41, 5.74) is 0. The summed E-state index contributed by atoms with van der Waals surface area (Å²) in [5.74, 6) is 0.922. The van der Waals surface area contributed by atoms with E-state index in [0.717, 1.165) is 5.92 Å². The molecular weight excluding hydrogens is 188 g/mol. The second kappa shape index (κ2) is 6.21. The zero-order valence-electron chi connectivity index (χ0n) is 7.36. The van der Waals surface area contributed by atoms with Gasteiger partial charge < -0.3 is 0 Å². The van der Waals surface area contributed by atoms with E-state index in [2.05, 4.69) is 36.7 Å². The van der Waals surface area contributed by atoms with Crippen LogP contribution in [0.15, 0.2) is 0 Å². The van der Waals surface area contributed by atoms with Crippen molar-refractivity contribution >= 4 is 15.9 Å². The highest BCUT2D eigenvalue weighted by atomic mass is 79.9. The zero-order valence-corrected chi connectivity index (χ0v) is 8.95. The lowest BCUT2D eigenvalue weighted by molar-refractivity contribution is 0.485. The van der Waals surface area contributed by atoms with Crippen LogP contribution in [0.25, 0.3) is 0 Å². The third kappa shape index (κ3) is 6.60. The molecule has 0 aromatic heterocycles. The van der Waals surface area contributed by atoms with Gasteiger partial charge in [0.2, 0.25) is 0 Å². The molecule has 0 aliphatic rings. The lowest BCUT2D eigenvalue weighted by Crippen LogP contribution is -1.95. The van der Waals surface area contributed by atoms with Crippen molar-refractivity contribution in [3.8, 4) is 0 Å². The van der Waals surface area contributed by atoms with Crippen molar-refractivity contribution in [2.24, 2.45) is 5.92 Å². The Morgan fingerprint density at radius 1 is 1.20 bits per heavy atom. The van der Waals surface area contributed by atoms with Gasteiger partial charge in [-0.3, -0.25) is 0 Å². The summed E-state index contributed by atoms with van der Waals surface area (Å²) in [4.78, 5) is 0.705. The third-order valence-electron chi connectivity index (χ3n) is 2.00. The van der Waals surface area contributed by atoms with Crippen molar-refractivity contribution < 1.29 is 0 Å². The Balaban J connectivity index is 3.03. The Morgan fingerprint density at radius 3 is 2.20 bits per heavy atom. The number of hydrogen-bond acceptors (Lipinski definition) is 0. The van der Waals surface area contributed by atoms with E-state index in [1.54, 1.807) is 0 Å². The van der Waals surface area contributed by atoms with E-state index in [-0.39, 0.29) is 0 Å². The Labute approximate surface area is 73.5 Å². The average molecular weight is 207 g/mol. The fraction of sp³-hybridized carbons (Fsp3) is 1.00. The Bertz CT molecular complexity index is 69.1. The number of hydrogen-bond donors (Lipinski definition) is 0. The maximum absolute atomic E-state index is 3.55. The van der Waals surface area contributed by atoms with Gasteiger partial charge in [-0.1, -0.05) is 56.0 Å². The van der Waals surface area contributed by atoms with Crippen molar-refractivity contribution in [3.63, 3.8) is 0 Å². The Morgan fingerprint density at radius 2 is 1.80 bits per heavy atom. The summed E-state index contributed by atoms with van der Waals surface area (Å²) in [5, 5.41) is 0. The van der Waals surface area contributed by atoms with Crippen LogP contribution >= 0.6 is 15.9 Å². The quantitative estimate of drug-likeness (QED) is 0.598. The predicted molar refractivity (Wildman–Crippen MR) is 51.7 cm³/mol. The smallest absolute Gasteiger partial charge is 0.0117 e. The van der Waals surface area contributed by atoms with Crippen molar-refractivity contribution in [2.45, 2.75) is 51.3 Å². The highest BCUT2D eigenvalue weighted by molar-refractivity contribution is 9.09. The van der Waals surface area contributed by atoms with Crippen molar-refractivity contribution in [3.05, 3.63) is 0 Å². The Hall–Kier alpha value is 0.480. The van der Waals surface area contributed by atoms with Crippen molar-refractivity contribution in [1.29, 1.82) is 0 Å². The van der Waals surface area contributed by atoms with Gasteiger partial charge >= 0.3 is 0 Å². The number of halogens is 1. The molecule has 0 fully saturated rings. The molecule has 0 aliphatic carbocycles. The average Bonchev–Trinajstić information content (AvgIpc) is 1.87. The van der Waals surface area contributed by atoms with Crippen LogP contribution in [0.4, 0.5) is 0 Å². The zero-order chi connectivity index (χ0) is 7.98. The standard InChI is InChI=1S/C9H19Br/c1-4-8(2)6-5-7-9(3)10/h8-9H,4-7H2,1-3H3. The molecule has 0 nitrogen and oxygen atoms in total. The van der Waals surface area contributed by atoms with Crippen LogP contribution in [0.3, 0.4) is 0 Å². The predicted octanol–water partition coefficient (Wildman–Crippen LogP) is 3.99. The van der Waals surface area contributed by atoms with Gasteiger partial charge in [0.05, 0.1) is 0 Å². The van der Waals surface area contributed by atoms with Gasteiger partial charge in [0.25, 0.3) is 0 Å². The van der Waals surface area contributed by atoms with Crippen LogP contribution in [0.5, 0.6) is 0 Å². The van der Waals surface area contributed by atoms with E-state index in [9.17, 15) is 0 Å². The second-order valence-corrected chi connectivity index (χ2v) is 4.79. The summed E-state index contributed by atoms with van der Waals surface area (Å²) in [6, 6.07) is 0. The molecule has 1 heteroatoms. The molecule has 2 atom stereocenters. The number of alkyl halides is 1. The molecular formula is C9H19Br. The summed E-state index contributed by atoms with van der Waals surface area (Å²) in [7, 11) is 0. The van der Waals surface area contributed by atoms with E-state index < -0.39 is 0 Å². The fourth-order valence-electron chi connectivity index (χ4n) is 0.952. The van der Waals surface area contributed by atoms with E-state index in [0.29, 0.717) is 4.83 Å². The second-order valence-electron chi connectivity index (χ2n) is 3.23. The molecule has 0 rings (SSSR count). The lowest BCUT2D eigenvalue weighted by atomic mass is 10.0. The molecule has 10 heavy (non-hydrogen) atoms. The van der Waals surface area contributed by atoms with E-state index in [1.807, 2.05) is 0 Å². The lowest BCUT2D eigenvalue weighted by Gasteiger charge is -2.07. The van der Waals surface area contributed by atoms with Crippen LogP contribution in [-0.4, -0.2) is 4.83 Å². The van der Waals surface area contributed by atoms with Gasteiger partial charge in [-0.15, -0.1) is 0 Å². The first-order valence-electron chi connectivity index (χ1n) is 4.30. The van der Waals surface area contributed by atoms with Crippen LogP contribution < -0.4 is 0 Å². The van der Waals surface area contributed by atoms with Gasteiger partial charge in [-0.25, -0.2) is 0 Å². The number of rotatable bonds is 5. The summed E-state index contributed by atoms with van der Waals surface area (Å²) in [6.07, 6.45) is 5.43. The van der Waals surface area contributed by atoms with E-state index in [4.69, 9.17) is 0 Å². The molecule has 0 aromatic rings. The van der Waals surface area contributed by atoms with Crippen LogP contribution in [-0.2, 0) is 0 Å². The van der Waals surface area contributed by atoms with Gasteiger partial charge in [0.15, 0.2) is 0 Å². The van der Waals surface area contributed by atoms with Gasteiger partial charge in [0.1, 0.15) is 0 Å². The highest BCUT2D eigenvalue weighted by Gasteiger charge is 1.99. The van der Waals surface area contributed by atoms with Crippen molar-refractivity contribution in [2.75, 3.05) is 0 Å². The molecule has 0 bridgehead atoms.